The predicted octanol–water partition coefficient (Wildman–Crippen LogP) is 3.57. The van der Waals surface area contributed by atoms with E-state index in [1.54, 1.807) is 12.1 Å². The third-order valence-corrected chi connectivity index (χ3v) is 6.13. The highest BCUT2D eigenvalue weighted by Crippen LogP contribution is 2.29. The van der Waals surface area contributed by atoms with Crippen LogP contribution in [0, 0.1) is 0 Å². The summed E-state index contributed by atoms with van der Waals surface area (Å²) in [5.74, 6) is 0.503. The van der Waals surface area contributed by atoms with Crippen LogP contribution in [0.5, 0.6) is 0 Å². The normalized spacial score (nSPS) is 11.5. The van der Waals surface area contributed by atoms with Crippen molar-refractivity contribution in [3.63, 3.8) is 0 Å². The van der Waals surface area contributed by atoms with Gasteiger partial charge in [-0.3, -0.25) is 4.79 Å². The quantitative estimate of drug-likeness (QED) is 0.357. The molecule has 3 rings (SSSR count). The number of thioether (sulfide) groups is 1. The van der Waals surface area contributed by atoms with Crippen LogP contribution in [0.2, 0.25) is 0 Å². The van der Waals surface area contributed by atoms with Crippen molar-refractivity contribution in [2.24, 2.45) is 0 Å². The van der Waals surface area contributed by atoms with E-state index in [-0.39, 0.29) is 11.5 Å². The Kier molecular flexibility index (Phi) is 7.23. The van der Waals surface area contributed by atoms with Gasteiger partial charge < -0.3 is 4.42 Å². The maximum atomic E-state index is 12.4. The minimum atomic E-state index is -3.20. The first kappa shape index (κ1) is 21.7. The van der Waals surface area contributed by atoms with E-state index in [0.29, 0.717) is 29.6 Å². The first-order valence-electron chi connectivity index (χ1n) is 8.60. The molecule has 29 heavy (non-hydrogen) atoms. The number of nitrogens with one attached hydrogen (secondary N) is 1. The number of sulfonamides is 1. The zero-order valence-corrected chi connectivity index (χ0v) is 18.7. The third-order valence-electron chi connectivity index (χ3n) is 3.89. The lowest BCUT2D eigenvalue weighted by Crippen LogP contribution is -2.24. The number of benzene rings is 2. The van der Waals surface area contributed by atoms with Crippen molar-refractivity contribution < 1.29 is 17.6 Å². The number of hydrogen-bond acceptors (Lipinski definition) is 7. The second-order valence-corrected chi connectivity index (χ2v) is 9.79. The Bertz CT molecular complexity index is 1100. The molecular weight excluding hydrogens is 478 g/mol. The van der Waals surface area contributed by atoms with Gasteiger partial charge in [-0.15, -0.1) is 10.2 Å². The molecule has 0 aliphatic rings. The van der Waals surface area contributed by atoms with Crippen LogP contribution in [0.15, 0.2) is 62.6 Å². The minimum absolute atomic E-state index is 0.0588. The van der Waals surface area contributed by atoms with E-state index in [1.165, 1.54) is 11.8 Å². The molecule has 152 valence electrons. The van der Waals surface area contributed by atoms with Crippen molar-refractivity contribution in [3.05, 3.63) is 64.1 Å². The van der Waals surface area contributed by atoms with Gasteiger partial charge in [-0.1, -0.05) is 48.2 Å². The van der Waals surface area contributed by atoms with Gasteiger partial charge in [-0.05, 0) is 40.0 Å². The molecule has 7 nitrogen and oxygen atoms in total. The number of nitrogens with zero attached hydrogens (tertiary/aromatic N) is 2. The van der Waals surface area contributed by atoms with Crippen LogP contribution in [-0.2, 0) is 16.4 Å². The number of rotatable bonds is 9. The molecule has 0 bridgehead atoms. The summed E-state index contributed by atoms with van der Waals surface area (Å²) in [6.45, 7) is 0.318. The lowest BCUT2D eigenvalue weighted by Gasteiger charge is -2.04. The summed E-state index contributed by atoms with van der Waals surface area (Å²) in [4.78, 5) is 12.4. The second-order valence-electron chi connectivity index (χ2n) is 6.18. The van der Waals surface area contributed by atoms with Gasteiger partial charge in [0.05, 0.1) is 17.6 Å². The smallest absolute Gasteiger partial charge is 0.277 e. The first-order chi connectivity index (χ1) is 13.8. The highest BCUT2D eigenvalue weighted by atomic mass is 79.9. The Balaban J connectivity index is 1.54. The second kappa shape index (κ2) is 9.66. The number of carbonyl (C=O) groups excluding carboxylic acids is 1. The average Bonchev–Trinajstić information content (AvgIpc) is 3.15. The summed E-state index contributed by atoms with van der Waals surface area (Å²) in [5, 5.41) is 8.34. The molecule has 1 heterocycles. The van der Waals surface area contributed by atoms with Crippen molar-refractivity contribution >= 4 is 43.5 Å². The maximum absolute atomic E-state index is 12.4. The van der Waals surface area contributed by atoms with Crippen molar-refractivity contribution in [1.82, 2.24) is 14.9 Å². The lowest BCUT2D eigenvalue weighted by atomic mass is 10.1. The number of hydrogen-bond donors (Lipinski definition) is 1. The summed E-state index contributed by atoms with van der Waals surface area (Å²) >= 11 is 4.63. The van der Waals surface area contributed by atoms with Gasteiger partial charge in [-0.25, -0.2) is 13.1 Å². The van der Waals surface area contributed by atoms with Crippen LogP contribution in [0.25, 0.3) is 11.5 Å². The molecule has 2 aromatic carbocycles. The summed E-state index contributed by atoms with van der Waals surface area (Å²) < 4.78 is 31.1. The van der Waals surface area contributed by atoms with Crippen LogP contribution < -0.4 is 4.72 Å². The number of carbonyl (C=O) groups is 1. The highest BCUT2D eigenvalue weighted by molar-refractivity contribution is 9.10. The standard InChI is InChI=1S/C19H18BrN3O4S2/c1-29(25,26)21-11-10-13-6-8-14(9-7-13)17(24)12-28-19-23-22-18(27-19)15-4-2-3-5-16(15)20/h2-9,21H,10-12H2,1H3. The Labute approximate surface area is 181 Å². The fourth-order valence-corrected chi connectivity index (χ4v) is 4.05. The SMILES string of the molecule is CS(=O)(=O)NCCc1ccc(C(=O)CSc2nnc(-c3ccccc3Br)o2)cc1. The summed E-state index contributed by atoms with van der Waals surface area (Å²) in [6.07, 6.45) is 1.67. The minimum Gasteiger partial charge on any atom is -0.411 e. The van der Waals surface area contributed by atoms with Crippen LogP contribution >= 0.6 is 27.7 Å². The van der Waals surface area contributed by atoms with E-state index in [0.717, 1.165) is 21.9 Å². The van der Waals surface area contributed by atoms with Crippen LogP contribution in [0.3, 0.4) is 0 Å². The van der Waals surface area contributed by atoms with Gasteiger partial charge >= 0.3 is 0 Å². The first-order valence-corrected chi connectivity index (χ1v) is 12.3. The highest BCUT2D eigenvalue weighted by Gasteiger charge is 2.14. The van der Waals surface area contributed by atoms with Crippen molar-refractivity contribution in [1.29, 1.82) is 0 Å². The van der Waals surface area contributed by atoms with Gasteiger partial charge in [0, 0.05) is 16.6 Å². The van der Waals surface area contributed by atoms with E-state index in [1.807, 2.05) is 36.4 Å². The van der Waals surface area contributed by atoms with Gasteiger partial charge in [0.15, 0.2) is 5.78 Å². The molecule has 0 saturated heterocycles. The van der Waals surface area contributed by atoms with Crippen LogP contribution in [-0.4, -0.2) is 43.0 Å². The Morgan fingerprint density at radius 2 is 1.86 bits per heavy atom. The van der Waals surface area contributed by atoms with Crippen LogP contribution in [0.1, 0.15) is 15.9 Å². The van der Waals surface area contributed by atoms with E-state index < -0.39 is 10.0 Å². The van der Waals surface area contributed by atoms with E-state index >= 15 is 0 Å². The zero-order chi connectivity index (χ0) is 20.9. The van der Waals surface area contributed by atoms with E-state index in [2.05, 4.69) is 30.8 Å². The molecule has 0 radical (unpaired) electrons. The summed E-state index contributed by atoms with van der Waals surface area (Å²) in [5.41, 5.74) is 2.31. The average molecular weight is 496 g/mol. The topological polar surface area (TPSA) is 102 Å². The number of halogens is 1. The van der Waals surface area contributed by atoms with Crippen LogP contribution in [0.4, 0.5) is 0 Å². The van der Waals surface area contributed by atoms with Crippen molar-refractivity contribution in [3.8, 4) is 11.5 Å². The molecule has 1 aromatic heterocycles. The molecule has 0 spiro atoms. The molecule has 0 atom stereocenters. The molecule has 1 N–H and O–H groups in total. The predicted molar refractivity (Wildman–Crippen MR) is 115 cm³/mol. The molecule has 3 aromatic rings. The summed E-state index contributed by atoms with van der Waals surface area (Å²) in [6, 6.07) is 14.6. The molecule has 0 aliphatic heterocycles. The Hall–Kier alpha value is -2.01. The number of ketones is 1. The molecule has 0 aliphatic carbocycles. The van der Waals surface area contributed by atoms with Gasteiger partial charge in [0.2, 0.25) is 15.9 Å². The number of aromatic nitrogens is 2. The molecule has 0 amide bonds. The molecule has 0 unspecified atom stereocenters. The Morgan fingerprint density at radius 3 is 2.55 bits per heavy atom. The van der Waals surface area contributed by atoms with E-state index in [9.17, 15) is 13.2 Å². The molecule has 0 fully saturated rings. The fourth-order valence-electron chi connectivity index (χ4n) is 2.46. The molecular formula is C19H18BrN3O4S2. The van der Waals surface area contributed by atoms with Gasteiger partial charge in [0.1, 0.15) is 0 Å². The number of Topliss-reactive ketones (excluding diaryl/α,β-unsaturated/α-hetero) is 1. The maximum Gasteiger partial charge on any atom is 0.277 e. The fraction of sp³-hybridized carbons (Fsp3) is 0.211. The lowest BCUT2D eigenvalue weighted by molar-refractivity contribution is 0.102. The van der Waals surface area contributed by atoms with Crippen molar-refractivity contribution in [2.45, 2.75) is 11.6 Å². The summed E-state index contributed by atoms with van der Waals surface area (Å²) in [7, 11) is -3.20. The van der Waals surface area contributed by atoms with E-state index in [4.69, 9.17) is 4.42 Å². The molecule has 10 heteroatoms. The Morgan fingerprint density at radius 1 is 1.14 bits per heavy atom. The zero-order valence-electron chi connectivity index (χ0n) is 15.5. The van der Waals surface area contributed by atoms with Crippen molar-refractivity contribution in [2.75, 3.05) is 18.6 Å². The van der Waals surface area contributed by atoms with Gasteiger partial charge in [0.25, 0.3) is 5.22 Å². The largest absolute Gasteiger partial charge is 0.411 e. The third kappa shape index (κ3) is 6.49. The molecule has 0 saturated carbocycles. The monoisotopic (exact) mass is 495 g/mol. The van der Waals surface area contributed by atoms with Gasteiger partial charge in [-0.2, -0.15) is 0 Å².